The lowest BCUT2D eigenvalue weighted by Crippen LogP contribution is -2.14. The number of hydrogen-bond donors (Lipinski definition) is 1. The molecule has 1 N–H and O–H groups in total. The first kappa shape index (κ1) is 19.4. The number of amides is 1. The molecule has 0 radical (unpaired) electrons. The quantitative estimate of drug-likeness (QED) is 0.758. The van der Waals surface area contributed by atoms with Gasteiger partial charge in [-0.2, -0.15) is 10.5 Å². The highest BCUT2D eigenvalue weighted by Crippen LogP contribution is 2.37. The Labute approximate surface area is 167 Å². The number of thioether (sulfide) groups is 1. The number of rotatable bonds is 5. The molecule has 27 heavy (non-hydrogen) atoms. The van der Waals surface area contributed by atoms with Crippen molar-refractivity contribution in [2.75, 3.05) is 11.1 Å². The Hall–Kier alpha value is -2.35. The van der Waals surface area contributed by atoms with Gasteiger partial charge in [0.05, 0.1) is 16.9 Å². The van der Waals surface area contributed by atoms with Gasteiger partial charge in [0.1, 0.15) is 22.2 Å². The number of nitrogens with one attached hydrogen (secondary N) is 1. The predicted molar refractivity (Wildman–Crippen MR) is 108 cm³/mol. The summed E-state index contributed by atoms with van der Waals surface area (Å²) in [6.07, 6.45) is 4.91. The van der Waals surface area contributed by atoms with Crippen LogP contribution in [0.1, 0.15) is 52.6 Å². The maximum atomic E-state index is 12.4. The van der Waals surface area contributed by atoms with Gasteiger partial charge in [-0.05, 0) is 56.2 Å². The van der Waals surface area contributed by atoms with Crippen LogP contribution in [-0.4, -0.2) is 16.6 Å². The van der Waals surface area contributed by atoms with Crippen LogP contribution in [0.3, 0.4) is 0 Å². The summed E-state index contributed by atoms with van der Waals surface area (Å²) in [7, 11) is 0. The lowest BCUT2D eigenvalue weighted by Gasteiger charge is -2.09. The fourth-order valence-electron chi connectivity index (χ4n) is 3.25. The number of aryl methyl sites for hydroxylation is 3. The molecule has 0 unspecified atom stereocenters. The average molecular weight is 397 g/mol. The van der Waals surface area contributed by atoms with Gasteiger partial charge >= 0.3 is 0 Å². The van der Waals surface area contributed by atoms with Crippen molar-refractivity contribution in [3.05, 3.63) is 38.9 Å². The molecule has 138 valence electrons. The third-order valence-electron chi connectivity index (χ3n) is 4.61. The minimum atomic E-state index is -0.181. The lowest BCUT2D eigenvalue weighted by molar-refractivity contribution is -0.113. The standard InChI is InChI=1S/C20H20N4OS2/c1-3-16-12(2)8-13(9-21)19(23-16)26-11-18(25)24-20-15(10-22)14-6-4-5-7-17(14)27-20/h8H,3-7,11H2,1-2H3,(H,24,25). The van der Waals surface area contributed by atoms with Crippen LogP contribution >= 0.6 is 23.1 Å². The average Bonchev–Trinajstić information content (AvgIpc) is 3.03. The second-order valence-corrected chi connectivity index (χ2v) is 8.50. The Bertz CT molecular complexity index is 966. The molecule has 0 saturated carbocycles. The van der Waals surface area contributed by atoms with E-state index in [0.717, 1.165) is 48.9 Å². The summed E-state index contributed by atoms with van der Waals surface area (Å²) in [5, 5.41) is 23.0. The Kier molecular flexibility index (Phi) is 6.15. The summed E-state index contributed by atoms with van der Waals surface area (Å²) in [6, 6.07) is 6.24. The number of carbonyl (C=O) groups excluding carboxylic acids is 1. The highest BCUT2D eigenvalue weighted by atomic mass is 32.2. The fourth-order valence-corrected chi connectivity index (χ4v) is 5.28. The summed E-state index contributed by atoms with van der Waals surface area (Å²) < 4.78 is 0. The normalized spacial score (nSPS) is 12.7. The molecule has 2 aromatic rings. The topological polar surface area (TPSA) is 89.6 Å². The van der Waals surface area contributed by atoms with Gasteiger partial charge < -0.3 is 5.32 Å². The smallest absolute Gasteiger partial charge is 0.235 e. The largest absolute Gasteiger partial charge is 0.316 e. The van der Waals surface area contributed by atoms with Crippen LogP contribution in [0.25, 0.3) is 0 Å². The fraction of sp³-hybridized carbons (Fsp3) is 0.400. The number of nitriles is 2. The number of anilines is 1. The molecule has 0 spiro atoms. The minimum absolute atomic E-state index is 0.154. The molecule has 2 aromatic heterocycles. The molecule has 2 heterocycles. The number of pyridine rings is 1. The number of fused-ring (bicyclic) bond motifs is 1. The van der Waals surface area contributed by atoms with Crippen LogP contribution in [0.5, 0.6) is 0 Å². The molecule has 1 amide bonds. The van der Waals surface area contributed by atoms with Gasteiger partial charge in [0.25, 0.3) is 0 Å². The van der Waals surface area contributed by atoms with E-state index in [9.17, 15) is 15.3 Å². The van der Waals surface area contributed by atoms with Gasteiger partial charge in [-0.15, -0.1) is 11.3 Å². The van der Waals surface area contributed by atoms with E-state index in [2.05, 4.69) is 22.4 Å². The second kappa shape index (κ2) is 8.56. The molecule has 0 atom stereocenters. The van der Waals surface area contributed by atoms with Gasteiger partial charge in [-0.1, -0.05) is 18.7 Å². The monoisotopic (exact) mass is 396 g/mol. The van der Waals surface area contributed by atoms with E-state index in [1.54, 1.807) is 0 Å². The van der Waals surface area contributed by atoms with Crippen molar-refractivity contribution in [2.24, 2.45) is 0 Å². The zero-order valence-electron chi connectivity index (χ0n) is 15.4. The van der Waals surface area contributed by atoms with Crippen molar-refractivity contribution >= 4 is 34.0 Å². The second-order valence-electron chi connectivity index (χ2n) is 6.43. The van der Waals surface area contributed by atoms with Crippen molar-refractivity contribution in [3.63, 3.8) is 0 Å². The van der Waals surface area contributed by atoms with E-state index in [-0.39, 0.29) is 11.7 Å². The van der Waals surface area contributed by atoms with Crippen LogP contribution in [0.15, 0.2) is 11.1 Å². The molecule has 7 heteroatoms. The Balaban J connectivity index is 1.72. The first-order chi connectivity index (χ1) is 13.1. The van der Waals surface area contributed by atoms with E-state index < -0.39 is 0 Å². The summed E-state index contributed by atoms with van der Waals surface area (Å²) in [5.74, 6) is -0.0270. The molecular formula is C20H20N4OS2. The predicted octanol–water partition coefficient (Wildman–Crippen LogP) is 4.37. The third kappa shape index (κ3) is 4.16. The lowest BCUT2D eigenvalue weighted by atomic mass is 9.96. The number of carbonyl (C=O) groups is 1. The van der Waals surface area contributed by atoms with Gasteiger partial charge in [0.2, 0.25) is 5.91 Å². The van der Waals surface area contributed by atoms with Crippen molar-refractivity contribution < 1.29 is 4.79 Å². The van der Waals surface area contributed by atoms with Gasteiger partial charge in [0, 0.05) is 10.6 Å². The first-order valence-corrected chi connectivity index (χ1v) is 10.8. The van der Waals surface area contributed by atoms with Crippen LogP contribution in [0, 0.1) is 29.6 Å². The van der Waals surface area contributed by atoms with Crippen molar-refractivity contribution in [1.29, 1.82) is 10.5 Å². The van der Waals surface area contributed by atoms with Gasteiger partial charge in [-0.25, -0.2) is 4.98 Å². The van der Waals surface area contributed by atoms with Gasteiger partial charge in [0.15, 0.2) is 0 Å². The van der Waals surface area contributed by atoms with E-state index >= 15 is 0 Å². The molecular weight excluding hydrogens is 376 g/mol. The molecule has 0 bridgehead atoms. The van der Waals surface area contributed by atoms with Gasteiger partial charge in [-0.3, -0.25) is 4.79 Å². The van der Waals surface area contributed by atoms with E-state index in [1.165, 1.54) is 28.0 Å². The van der Waals surface area contributed by atoms with E-state index in [0.29, 0.717) is 21.2 Å². The SMILES string of the molecule is CCc1nc(SCC(=O)Nc2sc3c(c2C#N)CCCC3)c(C#N)cc1C. The zero-order valence-corrected chi connectivity index (χ0v) is 17.0. The molecule has 1 aliphatic carbocycles. The number of thiophene rings is 1. The summed E-state index contributed by atoms with van der Waals surface area (Å²) >= 11 is 2.78. The molecule has 3 rings (SSSR count). The third-order valence-corrected chi connectivity index (χ3v) is 6.81. The molecule has 0 fully saturated rings. The zero-order chi connectivity index (χ0) is 19.4. The molecule has 0 aliphatic heterocycles. The number of hydrogen-bond acceptors (Lipinski definition) is 6. The molecule has 5 nitrogen and oxygen atoms in total. The van der Waals surface area contributed by atoms with Crippen LogP contribution in [0.4, 0.5) is 5.00 Å². The first-order valence-electron chi connectivity index (χ1n) is 8.95. The number of aromatic nitrogens is 1. The summed E-state index contributed by atoms with van der Waals surface area (Å²) in [5.41, 5.74) is 4.15. The molecule has 1 aliphatic rings. The van der Waals surface area contributed by atoms with E-state index in [1.807, 2.05) is 19.9 Å². The van der Waals surface area contributed by atoms with Crippen molar-refractivity contribution in [1.82, 2.24) is 4.98 Å². The minimum Gasteiger partial charge on any atom is -0.316 e. The Morgan fingerprint density at radius 2 is 2.11 bits per heavy atom. The highest BCUT2D eigenvalue weighted by molar-refractivity contribution is 8.00. The van der Waals surface area contributed by atoms with Crippen LogP contribution in [-0.2, 0) is 24.1 Å². The van der Waals surface area contributed by atoms with Crippen molar-refractivity contribution in [3.8, 4) is 12.1 Å². The highest BCUT2D eigenvalue weighted by Gasteiger charge is 2.22. The maximum absolute atomic E-state index is 12.4. The molecule has 0 saturated heterocycles. The maximum Gasteiger partial charge on any atom is 0.235 e. The van der Waals surface area contributed by atoms with Crippen LogP contribution in [0.2, 0.25) is 0 Å². The Morgan fingerprint density at radius 1 is 1.33 bits per heavy atom. The summed E-state index contributed by atoms with van der Waals surface area (Å²) in [6.45, 7) is 3.96. The number of nitrogens with zero attached hydrogens (tertiary/aromatic N) is 3. The summed E-state index contributed by atoms with van der Waals surface area (Å²) in [4.78, 5) is 18.2. The Morgan fingerprint density at radius 3 is 2.81 bits per heavy atom. The van der Waals surface area contributed by atoms with Crippen molar-refractivity contribution in [2.45, 2.75) is 51.0 Å². The van der Waals surface area contributed by atoms with E-state index in [4.69, 9.17) is 0 Å². The van der Waals surface area contributed by atoms with Crippen LogP contribution < -0.4 is 5.32 Å². The molecule has 0 aromatic carbocycles.